The first-order valence-corrected chi connectivity index (χ1v) is 10.1. The summed E-state index contributed by atoms with van der Waals surface area (Å²) in [6, 6.07) is 12.3. The van der Waals surface area contributed by atoms with Gasteiger partial charge in [0.15, 0.2) is 5.65 Å². The number of fused-ring (bicyclic) bond motifs is 2. The van der Waals surface area contributed by atoms with Gasteiger partial charge in [0.25, 0.3) is 0 Å². The molecular weight excluding hydrogens is 423 g/mol. The van der Waals surface area contributed by atoms with E-state index in [1.54, 1.807) is 40.0 Å². The van der Waals surface area contributed by atoms with Crippen LogP contribution in [-0.4, -0.2) is 44.5 Å². The molecule has 0 atom stereocenters. The van der Waals surface area contributed by atoms with Crippen LogP contribution in [0.15, 0.2) is 61.2 Å². The van der Waals surface area contributed by atoms with Crippen LogP contribution in [-0.2, 0) is 13.6 Å². The molecule has 6 rings (SSSR count). The summed E-state index contributed by atoms with van der Waals surface area (Å²) in [7, 11) is 1.89. The van der Waals surface area contributed by atoms with Gasteiger partial charge in [-0.05, 0) is 18.2 Å². The number of hydrogen-bond acceptors (Lipinski definition) is 7. The van der Waals surface area contributed by atoms with Gasteiger partial charge < -0.3 is 5.73 Å². The van der Waals surface area contributed by atoms with E-state index in [-0.39, 0.29) is 12.4 Å². The van der Waals surface area contributed by atoms with Crippen LogP contribution >= 0.6 is 0 Å². The van der Waals surface area contributed by atoms with Gasteiger partial charge >= 0.3 is 0 Å². The van der Waals surface area contributed by atoms with Crippen LogP contribution in [0, 0.1) is 5.82 Å². The maximum absolute atomic E-state index is 14.1. The molecule has 0 aliphatic rings. The van der Waals surface area contributed by atoms with Crippen molar-refractivity contribution in [2.24, 2.45) is 7.05 Å². The monoisotopic (exact) mass is 440 g/mol. The Balaban J connectivity index is 1.47. The topological polar surface area (TPSA) is 118 Å². The number of nitrogens with two attached hydrogens (primary N) is 1. The van der Waals surface area contributed by atoms with Crippen LogP contribution in [0.3, 0.4) is 0 Å². The zero-order chi connectivity index (χ0) is 22.5. The second-order valence-corrected chi connectivity index (χ2v) is 7.58. The molecule has 11 heteroatoms. The highest BCUT2D eigenvalue weighted by atomic mass is 19.1. The number of rotatable bonds is 4. The summed E-state index contributed by atoms with van der Waals surface area (Å²) < 4.78 is 19.0. The Labute approximate surface area is 186 Å². The molecule has 0 saturated heterocycles. The number of nitrogens with zero attached hydrogens (tertiary/aromatic N) is 9. The Kier molecular flexibility index (Phi) is 4.15. The highest BCUT2D eigenvalue weighted by Gasteiger charge is 2.20. The van der Waals surface area contributed by atoms with Crippen molar-refractivity contribution in [2.45, 2.75) is 6.54 Å². The van der Waals surface area contributed by atoms with E-state index in [2.05, 4.69) is 25.4 Å². The average molecular weight is 440 g/mol. The second-order valence-electron chi connectivity index (χ2n) is 7.58. The lowest BCUT2D eigenvalue weighted by atomic mass is 10.1. The van der Waals surface area contributed by atoms with E-state index in [9.17, 15) is 4.39 Å². The fraction of sp³-hybridized carbons (Fsp3) is 0.0909. The van der Waals surface area contributed by atoms with E-state index in [0.717, 1.165) is 16.5 Å². The second kappa shape index (κ2) is 7.19. The van der Waals surface area contributed by atoms with Gasteiger partial charge in [0.05, 0.1) is 29.8 Å². The minimum absolute atomic E-state index is 0.268. The van der Waals surface area contributed by atoms with Crippen molar-refractivity contribution < 1.29 is 4.39 Å². The molecule has 4 heterocycles. The van der Waals surface area contributed by atoms with Crippen LogP contribution < -0.4 is 5.73 Å². The van der Waals surface area contributed by atoms with E-state index in [0.29, 0.717) is 33.9 Å². The van der Waals surface area contributed by atoms with Crippen molar-refractivity contribution in [1.29, 1.82) is 0 Å². The fourth-order valence-electron chi connectivity index (χ4n) is 3.99. The molecule has 0 spiro atoms. The lowest BCUT2D eigenvalue weighted by Gasteiger charge is -2.02. The molecule has 2 aromatic carbocycles. The van der Waals surface area contributed by atoms with E-state index in [1.165, 1.54) is 17.1 Å². The molecular formula is C22H17FN10. The average Bonchev–Trinajstić information content (AvgIpc) is 3.53. The van der Waals surface area contributed by atoms with Gasteiger partial charge in [0, 0.05) is 18.0 Å². The van der Waals surface area contributed by atoms with E-state index < -0.39 is 0 Å². The molecule has 0 aliphatic heterocycles. The molecule has 6 aromatic rings. The number of anilines is 1. The van der Waals surface area contributed by atoms with E-state index in [1.807, 2.05) is 25.2 Å². The minimum atomic E-state index is -0.383. The summed E-state index contributed by atoms with van der Waals surface area (Å²) >= 11 is 0. The van der Waals surface area contributed by atoms with E-state index >= 15 is 0 Å². The van der Waals surface area contributed by atoms with Crippen molar-refractivity contribution >= 4 is 27.8 Å². The summed E-state index contributed by atoms with van der Waals surface area (Å²) in [6.07, 6.45) is 4.87. The number of halogens is 1. The number of aryl methyl sites for hydroxylation is 1. The summed E-state index contributed by atoms with van der Waals surface area (Å²) in [5.41, 5.74) is 10.2. The van der Waals surface area contributed by atoms with E-state index in [4.69, 9.17) is 10.8 Å². The molecule has 0 unspecified atom stereocenters. The Morgan fingerprint density at radius 2 is 1.94 bits per heavy atom. The zero-order valence-electron chi connectivity index (χ0n) is 17.5. The van der Waals surface area contributed by atoms with Crippen LogP contribution in [0.5, 0.6) is 0 Å². The first kappa shape index (κ1) is 19.0. The maximum Gasteiger partial charge on any atom is 0.164 e. The standard InChI is InChI=1S/C22H17FN10/c1-31-17-8-4-5-14(15(17)9-27-31)20-19-21(24)25-12-26-22(19)33(29-20)11-13-10-32(30-28-13)18-7-3-2-6-16(18)23/h2-10,12H,11H2,1H3,(H2,24,25,26). The number of nitrogen functional groups attached to an aromatic ring is 1. The van der Waals surface area contributed by atoms with Gasteiger partial charge in [-0.2, -0.15) is 10.2 Å². The third-order valence-corrected chi connectivity index (χ3v) is 5.56. The molecule has 10 nitrogen and oxygen atoms in total. The Hall–Kier alpha value is -4.67. The molecule has 33 heavy (non-hydrogen) atoms. The Bertz CT molecular complexity index is 1640. The fourth-order valence-corrected chi connectivity index (χ4v) is 3.99. The van der Waals surface area contributed by atoms with Gasteiger partial charge in [-0.1, -0.05) is 29.5 Å². The minimum Gasteiger partial charge on any atom is -0.383 e. The lowest BCUT2D eigenvalue weighted by Crippen LogP contribution is -2.04. The lowest BCUT2D eigenvalue weighted by molar-refractivity contribution is 0.607. The molecule has 0 saturated carbocycles. The van der Waals surface area contributed by atoms with Crippen molar-refractivity contribution in [2.75, 3.05) is 5.73 Å². The Morgan fingerprint density at radius 1 is 1.06 bits per heavy atom. The summed E-state index contributed by atoms with van der Waals surface area (Å²) in [6.45, 7) is 0.268. The van der Waals surface area contributed by atoms with Crippen LogP contribution in [0.4, 0.5) is 10.2 Å². The molecule has 0 fully saturated rings. The van der Waals surface area contributed by atoms with Crippen LogP contribution in [0.2, 0.25) is 0 Å². The Morgan fingerprint density at radius 3 is 2.82 bits per heavy atom. The first-order chi connectivity index (χ1) is 16.1. The van der Waals surface area contributed by atoms with Gasteiger partial charge in [-0.15, -0.1) is 5.10 Å². The van der Waals surface area contributed by atoms with Crippen LogP contribution in [0.25, 0.3) is 38.9 Å². The molecule has 2 N–H and O–H groups in total. The largest absolute Gasteiger partial charge is 0.383 e. The van der Waals surface area contributed by atoms with Gasteiger partial charge in [-0.3, -0.25) is 4.68 Å². The quantitative estimate of drug-likeness (QED) is 0.448. The van der Waals surface area contributed by atoms with Gasteiger partial charge in [0.1, 0.15) is 35.0 Å². The molecule has 0 aliphatic carbocycles. The number of aromatic nitrogens is 9. The highest BCUT2D eigenvalue weighted by Crippen LogP contribution is 2.34. The molecule has 0 bridgehead atoms. The third-order valence-electron chi connectivity index (χ3n) is 5.56. The van der Waals surface area contributed by atoms with Gasteiger partial charge in [-0.25, -0.2) is 23.7 Å². The highest BCUT2D eigenvalue weighted by molar-refractivity contribution is 6.05. The van der Waals surface area contributed by atoms with Crippen molar-refractivity contribution in [1.82, 2.24) is 44.5 Å². The third kappa shape index (κ3) is 3.01. The number of hydrogen-bond donors (Lipinski definition) is 1. The summed E-state index contributed by atoms with van der Waals surface area (Å²) in [5, 5.41) is 19.0. The zero-order valence-corrected chi connectivity index (χ0v) is 17.5. The van der Waals surface area contributed by atoms with Gasteiger partial charge in [0.2, 0.25) is 0 Å². The predicted octanol–water partition coefficient (Wildman–Crippen LogP) is 2.73. The molecule has 0 radical (unpaired) electrons. The molecule has 0 amide bonds. The smallest absolute Gasteiger partial charge is 0.164 e. The summed E-state index contributed by atoms with van der Waals surface area (Å²) in [4.78, 5) is 8.59. The van der Waals surface area contributed by atoms with Crippen LogP contribution in [0.1, 0.15) is 5.69 Å². The number of benzene rings is 2. The van der Waals surface area contributed by atoms with Crippen molar-refractivity contribution in [3.8, 4) is 16.9 Å². The number of para-hydroxylation sites is 1. The summed E-state index contributed by atoms with van der Waals surface area (Å²) in [5.74, 6) is -0.0528. The first-order valence-electron chi connectivity index (χ1n) is 10.1. The molecule has 162 valence electrons. The predicted molar refractivity (Wildman–Crippen MR) is 120 cm³/mol. The van der Waals surface area contributed by atoms with Crippen molar-refractivity contribution in [3.63, 3.8) is 0 Å². The van der Waals surface area contributed by atoms with Crippen molar-refractivity contribution in [3.05, 3.63) is 72.7 Å². The SMILES string of the molecule is Cn1ncc2c(-c3nn(Cc4cn(-c5ccccc5F)nn4)c4ncnc(N)c34)cccc21. The normalized spacial score (nSPS) is 11.6. The molecule has 4 aromatic heterocycles. The maximum atomic E-state index is 14.1.